The van der Waals surface area contributed by atoms with Gasteiger partial charge in [-0.15, -0.1) is 0 Å². The van der Waals surface area contributed by atoms with E-state index in [-0.39, 0.29) is 11.9 Å². The first-order valence-electron chi connectivity index (χ1n) is 13.5. The number of hydrogen-bond acceptors (Lipinski definition) is 6. The summed E-state index contributed by atoms with van der Waals surface area (Å²) in [7, 11) is 0. The topological polar surface area (TPSA) is 94.0 Å². The van der Waals surface area contributed by atoms with E-state index in [0.29, 0.717) is 37.4 Å². The van der Waals surface area contributed by atoms with Gasteiger partial charge >= 0.3 is 0 Å². The molecule has 1 aliphatic carbocycles. The Labute approximate surface area is 210 Å². The van der Waals surface area contributed by atoms with E-state index in [2.05, 4.69) is 29.5 Å². The molecule has 2 heterocycles. The third kappa shape index (κ3) is 9.59. The molecule has 2 N–H and O–H groups in total. The highest BCUT2D eigenvalue weighted by Gasteiger charge is 2.20. The first-order valence-corrected chi connectivity index (χ1v) is 13.5. The van der Waals surface area contributed by atoms with Gasteiger partial charge in [0.05, 0.1) is 0 Å². The lowest BCUT2D eigenvalue weighted by Gasteiger charge is -2.22. The van der Waals surface area contributed by atoms with Crippen LogP contribution < -0.4 is 10.6 Å². The molecule has 35 heavy (non-hydrogen) atoms. The lowest BCUT2D eigenvalue weighted by molar-refractivity contribution is -0.122. The van der Waals surface area contributed by atoms with E-state index in [4.69, 9.17) is 14.7 Å². The second kappa shape index (κ2) is 14.8. The van der Waals surface area contributed by atoms with Crippen LogP contribution in [0.4, 0.5) is 5.82 Å². The van der Waals surface area contributed by atoms with Gasteiger partial charge in [-0.2, -0.15) is 4.98 Å². The van der Waals surface area contributed by atoms with Crippen LogP contribution in [0.25, 0.3) is 5.95 Å². The van der Waals surface area contributed by atoms with E-state index < -0.39 is 0 Å². The number of hydrogen-bond donors (Lipinski definition) is 2. The smallest absolute Gasteiger partial charge is 0.242 e. The van der Waals surface area contributed by atoms with Crippen LogP contribution >= 0.6 is 0 Å². The fraction of sp³-hybridized carbons (Fsp3) is 0.704. The summed E-state index contributed by atoms with van der Waals surface area (Å²) < 4.78 is 7.21. The normalized spacial score (nSPS) is 15.3. The summed E-state index contributed by atoms with van der Waals surface area (Å²) in [5, 5.41) is 6.51. The molecule has 0 unspecified atom stereocenters. The average molecular weight is 485 g/mol. The van der Waals surface area contributed by atoms with Gasteiger partial charge in [0.1, 0.15) is 18.2 Å². The minimum absolute atomic E-state index is 0.00805. The van der Waals surface area contributed by atoms with Crippen LogP contribution in [0.3, 0.4) is 0 Å². The van der Waals surface area contributed by atoms with Crippen LogP contribution in [-0.2, 0) is 16.0 Å². The number of anilines is 1. The maximum atomic E-state index is 13.1. The number of carbonyl (C=O) groups excluding carboxylic acids is 1. The van der Waals surface area contributed by atoms with E-state index in [0.717, 1.165) is 43.7 Å². The Hall–Kier alpha value is -2.48. The SMILES string of the molecule is CCOCCCNC(=O)[C@H](CCC(C)C)Nc1cc(CCC2CCCCC2)nc(-n2ccnc2)n1. The van der Waals surface area contributed by atoms with E-state index in [1.807, 2.05) is 23.8 Å². The molecule has 3 rings (SSSR count). The van der Waals surface area contributed by atoms with Crippen LogP contribution in [0.1, 0.15) is 84.3 Å². The first kappa shape index (κ1) is 27.1. The Morgan fingerprint density at radius 1 is 1.20 bits per heavy atom. The van der Waals surface area contributed by atoms with E-state index in [1.165, 1.54) is 32.1 Å². The van der Waals surface area contributed by atoms with Crippen molar-refractivity contribution in [3.63, 3.8) is 0 Å². The van der Waals surface area contributed by atoms with Gasteiger partial charge in [0.15, 0.2) is 0 Å². The lowest BCUT2D eigenvalue weighted by atomic mass is 9.86. The van der Waals surface area contributed by atoms with E-state index in [9.17, 15) is 4.79 Å². The maximum absolute atomic E-state index is 13.1. The molecule has 2 aromatic heterocycles. The predicted octanol–water partition coefficient (Wildman–Crippen LogP) is 4.93. The molecule has 2 aromatic rings. The van der Waals surface area contributed by atoms with Crippen molar-refractivity contribution in [2.45, 2.75) is 91.0 Å². The minimum Gasteiger partial charge on any atom is -0.382 e. The molecule has 0 spiro atoms. The third-order valence-electron chi connectivity index (χ3n) is 6.68. The molecule has 194 valence electrons. The molecule has 1 fully saturated rings. The Balaban J connectivity index is 1.72. The summed E-state index contributed by atoms with van der Waals surface area (Å²) in [5.74, 6) is 2.59. The predicted molar refractivity (Wildman–Crippen MR) is 140 cm³/mol. The summed E-state index contributed by atoms with van der Waals surface area (Å²) in [5.41, 5.74) is 1.01. The molecule has 1 atom stereocenters. The summed E-state index contributed by atoms with van der Waals surface area (Å²) in [6.07, 6.45) is 16.6. The average Bonchev–Trinajstić information content (AvgIpc) is 3.41. The number of imidazole rings is 1. The largest absolute Gasteiger partial charge is 0.382 e. The van der Waals surface area contributed by atoms with Crippen molar-refractivity contribution < 1.29 is 9.53 Å². The molecule has 1 saturated carbocycles. The molecule has 0 bridgehead atoms. The molecule has 0 aliphatic heterocycles. The van der Waals surface area contributed by atoms with Crippen molar-refractivity contribution >= 4 is 11.7 Å². The molecule has 8 heteroatoms. The van der Waals surface area contributed by atoms with Gasteiger partial charge in [0, 0.05) is 43.9 Å². The van der Waals surface area contributed by atoms with Crippen molar-refractivity contribution in [1.82, 2.24) is 24.8 Å². The summed E-state index contributed by atoms with van der Waals surface area (Å²) in [4.78, 5) is 26.8. The minimum atomic E-state index is -0.346. The number of amides is 1. The summed E-state index contributed by atoms with van der Waals surface area (Å²) >= 11 is 0. The van der Waals surface area contributed by atoms with Gasteiger partial charge in [-0.1, -0.05) is 46.0 Å². The van der Waals surface area contributed by atoms with Gasteiger partial charge < -0.3 is 15.4 Å². The standard InChI is InChI=1S/C27H44N6O2/c1-4-35-18-8-15-29-26(34)24(14-11-21(2)3)31-25-19-23(13-12-22-9-6-5-7-10-22)30-27(32-25)33-17-16-28-20-33/h16-17,19-22,24H,4-15,18H2,1-3H3,(H,29,34)(H,30,31,32)/t24-/m0/s1. The summed E-state index contributed by atoms with van der Waals surface area (Å²) in [6, 6.07) is 1.68. The molecule has 0 aromatic carbocycles. The van der Waals surface area contributed by atoms with Crippen LogP contribution in [0, 0.1) is 11.8 Å². The van der Waals surface area contributed by atoms with Crippen molar-refractivity contribution in [2.75, 3.05) is 25.1 Å². The van der Waals surface area contributed by atoms with E-state index >= 15 is 0 Å². The van der Waals surface area contributed by atoms with Crippen molar-refractivity contribution in [3.8, 4) is 5.95 Å². The van der Waals surface area contributed by atoms with Crippen LogP contribution in [0.15, 0.2) is 24.8 Å². The lowest BCUT2D eigenvalue weighted by Crippen LogP contribution is -2.40. The molecule has 1 amide bonds. The number of aryl methyl sites for hydroxylation is 1. The first-order chi connectivity index (χ1) is 17.0. The van der Waals surface area contributed by atoms with Crippen LogP contribution in [0.5, 0.6) is 0 Å². The van der Waals surface area contributed by atoms with Gasteiger partial charge in [-0.3, -0.25) is 9.36 Å². The quantitative estimate of drug-likeness (QED) is 0.348. The molecule has 0 saturated heterocycles. The van der Waals surface area contributed by atoms with E-state index in [1.54, 1.807) is 12.5 Å². The number of rotatable bonds is 15. The number of nitrogens with zero attached hydrogens (tertiary/aromatic N) is 4. The fourth-order valence-electron chi connectivity index (χ4n) is 4.61. The summed E-state index contributed by atoms with van der Waals surface area (Å²) in [6.45, 7) is 8.31. The highest BCUT2D eigenvalue weighted by Crippen LogP contribution is 2.27. The molecular weight excluding hydrogens is 440 g/mol. The van der Waals surface area contributed by atoms with Gasteiger partial charge in [0.2, 0.25) is 11.9 Å². The number of ether oxygens (including phenoxy) is 1. The molecule has 0 radical (unpaired) electrons. The third-order valence-corrected chi connectivity index (χ3v) is 6.68. The Kier molecular flexibility index (Phi) is 11.5. The second-order valence-electron chi connectivity index (χ2n) is 10.1. The number of nitrogens with one attached hydrogen (secondary N) is 2. The Morgan fingerprint density at radius 3 is 2.74 bits per heavy atom. The van der Waals surface area contributed by atoms with Crippen LogP contribution in [-0.4, -0.2) is 51.2 Å². The van der Waals surface area contributed by atoms with Gasteiger partial charge in [-0.25, -0.2) is 9.97 Å². The molecular formula is C27H44N6O2. The number of carbonyl (C=O) groups is 1. The zero-order valence-electron chi connectivity index (χ0n) is 21.8. The van der Waals surface area contributed by atoms with Crippen molar-refractivity contribution in [3.05, 3.63) is 30.5 Å². The molecule has 8 nitrogen and oxygen atoms in total. The molecule has 1 aliphatic rings. The monoisotopic (exact) mass is 484 g/mol. The maximum Gasteiger partial charge on any atom is 0.242 e. The van der Waals surface area contributed by atoms with Gasteiger partial charge in [-0.05, 0) is 50.9 Å². The van der Waals surface area contributed by atoms with Crippen molar-refractivity contribution in [1.29, 1.82) is 0 Å². The highest BCUT2D eigenvalue weighted by atomic mass is 16.5. The highest BCUT2D eigenvalue weighted by molar-refractivity contribution is 5.84. The van der Waals surface area contributed by atoms with Crippen molar-refractivity contribution in [2.24, 2.45) is 11.8 Å². The number of aromatic nitrogens is 4. The fourth-order valence-corrected chi connectivity index (χ4v) is 4.61. The zero-order valence-corrected chi connectivity index (χ0v) is 21.8. The second-order valence-corrected chi connectivity index (χ2v) is 10.1. The zero-order chi connectivity index (χ0) is 24.9. The van der Waals surface area contributed by atoms with Gasteiger partial charge in [0.25, 0.3) is 0 Å². The Bertz CT molecular complexity index is 865. The Morgan fingerprint density at radius 2 is 2.03 bits per heavy atom. The van der Waals surface area contributed by atoms with Crippen LogP contribution in [0.2, 0.25) is 0 Å².